The first kappa shape index (κ1) is 8.86. The van der Waals surface area contributed by atoms with E-state index < -0.39 is 11.7 Å². The molecule has 0 aliphatic heterocycles. The molecule has 14 heavy (non-hydrogen) atoms. The first-order valence-corrected chi connectivity index (χ1v) is 3.72. The van der Waals surface area contributed by atoms with Gasteiger partial charge < -0.3 is 5.11 Å². The Bertz CT molecular complexity index is 475. The van der Waals surface area contributed by atoms with Crippen LogP contribution in [0.1, 0.15) is 5.56 Å². The van der Waals surface area contributed by atoms with Crippen LogP contribution in [0, 0.1) is 0 Å². The zero-order valence-electron chi connectivity index (χ0n) is 6.78. The lowest BCUT2D eigenvalue weighted by Crippen LogP contribution is -2.05. The van der Waals surface area contributed by atoms with Gasteiger partial charge in [-0.15, -0.1) is 0 Å². The fourth-order valence-electron chi connectivity index (χ4n) is 1.14. The molecule has 0 radical (unpaired) electrons. The molecule has 0 fully saturated rings. The Labute approximate surface area is 76.4 Å². The smallest absolute Gasteiger partial charge is 0.417 e. The number of fused-ring (bicyclic) bond motifs is 1. The van der Waals surface area contributed by atoms with E-state index in [9.17, 15) is 13.2 Å². The third-order valence-electron chi connectivity index (χ3n) is 1.81. The van der Waals surface area contributed by atoms with E-state index in [0.29, 0.717) is 0 Å². The Kier molecular flexibility index (Phi) is 1.67. The van der Waals surface area contributed by atoms with Crippen molar-refractivity contribution in [1.29, 1.82) is 0 Å². The number of pyridine rings is 1. The average molecular weight is 202 g/mol. The van der Waals surface area contributed by atoms with Gasteiger partial charge in [-0.25, -0.2) is 4.98 Å². The van der Waals surface area contributed by atoms with Gasteiger partial charge in [0.15, 0.2) is 0 Å². The maximum atomic E-state index is 12.2. The number of halogens is 3. The molecule has 0 bridgehead atoms. The Morgan fingerprint density at radius 2 is 2.00 bits per heavy atom. The summed E-state index contributed by atoms with van der Waals surface area (Å²) in [7, 11) is 0. The Hall–Kier alpha value is -1.72. The summed E-state index contributed by atoms with van der Waals surface area (Å²) in [5.74, 6) is -0.314. The molecule has 0 unspecified atom stereocenters. The molecule has 0 spiro atoms. The topological polar surface area (TPSA) is 37.5 Å². The van der Waals surface area contributed by atoms with E-state index in [0.717, 1.165) is 22.9 Å². The minimum atomic E-state index is -4.41. The predicted octanol–water partition coefficient (Wildman–Crippen LogP) is 2.06. The monoisotopic (exact) mass is 202 g/mol. The number of rotatable bonds is 0. The van der Waals surface area contributed by atoms with Crippen molar-refractivity contribution in [2.75, 3.05) is 0 Å². The van der Waals surface area contributed by atoms with Crippen molar-refractivity contribution in [2.24, 2.45) is 0 Å². The van der Waals surface area contributed by atoms with Crippen molar-refractivity contribution in [3.63, 3.8) is 0 Å². The predicted molar refractivity (Wildman–Crippen MR) is 41.9 cm³/mol. The zero-order chi connectivity index (χ0) is 10.3. The fourth-order valence-corrected chi connectivity index (χ4v) is 1.14. The molecule has 0 aromatic carbocycles. The molecule has 74 valence electrons. The van der Waals surface area contributed by atoms with Gasteiger partial charge in [-0.2, -0.15) is 13.2 Å². The molecule has 0 saturated carbocycles. The van der Waals surface area contributed by atoms with Crippen LogP contribution >= 0.6 is 0 Å². The van der Waals surface area contributed by atoms with Crippen LogP contribution in [0.4, 0.5) is 13.2 Å². The second kappa shape index (κ2) is 2.63. The van der Waals surface area contributed by atoms with Gasteiger partial charge in [-0.05, 0) is 12.1 Å². The van der Waals surface area contributed by atoms with Crippen LogP contribution in [0.25, 0.3) is 5.65 Å². The number of aromatic nitrogens is 2. The van der Waals surface area contributed by atoms with Crippen molar-refractivity contribution in [3.05, 3.63) is 30.1 Å². The summed E-state index contributed by atoms with van der Waals surface area (Å²) in [4.78, 5) is 3.69. The highest BCUT2D eigenvalue weighted by atomic mass is 19.4. The summed E-state index contributed by atoms with van der Waals surface area (Å²) in [6.07, 6.45) is -2.52. The van der Waals surface area contributed by atoms with Crippen molar-refractivity contribution in [2.45, 2.75) is 6.18 Å². The zero-order valence-corrected chi connectivity index (χ0v) is 6.78. The van der Waals surface area contributed by atoms with Gasteiger partial charge in [-0.1, -0.05) is 0 Å². The lowest BCUT2D eigenvalue weighted by molar-refractivity contribution is -0.137. The molecule has 0 aliphatic rings. The van der Waals surface area contributed by atoms with Crippen molar-refractivity contribution < 1.29 is 18.3 Å². The second-order valence-corrected chi connectivity index (χ2v) is 2.76. The average Bonchev–Trinajstić information content (AvgIpc) is 2.46. The lowest BCUT2D eigenvalue weighted by atomic mass is 10.3. The molecule has 2 rings (SSSR count). The van der Waals surface area contributed by atoms with E-state index in [1.165, 1.54) is 6.07 Å². The summed E-state index contributed by atoms with van der Waals surface area (Å²) >= 11 is 0. The highest BCUT2D eigenvalue weighted by molar-refractivity contribution is 5.43. The quantitative estimate of drug-likeness (QED) is 0.709. The van der Waals surface area contributed by atoms with E-state index in [2.05, 4.69) is 4.98 Å². The van der Waals surface area contributed by atoms with Crippen LogP contribution in [-0.4, -0.2) is 14.5 Å². The SMILES string of the molecule is Oc1cnc2ccc(C(F)(F)F)cn12. The van der Waals surface area contributed by atoms with Crippen LogP contribution in [0.2, 0.25) is 0 Å². The molecule has 0 aliphatic carbocycles. The number of imidazole rings is 1. The van der Waals surface area contributed by atoms with Crippen LogP contribution in [0.15, 0.2) is 24.5 Å². The first-order valence-electron chi connectivity index (χ1n) is 3.72. The van der Waals surface area contributed by atoms with Gasteiger partial charge >= 0.3 is 6.18 Å². The number of hydrogen-bond donors (Lipinski definition) is 1. The second-order valence-electron chi connectivity index (χ2n) is 2.76. The van der Waals surface area contributed by atoms with Gasteiger partial charge in [-0.3, -0.25) is 4.40 Å². The number of hydrogen-bond acceptors (Lipinski definition) is 2. The Balaban J connectivity index is 2.66. The minimum Gasteiger partial charge on any atom is -0.493 e. The van der Waals surface area contributed by atoms with Crippen LogP contribution in [0.3, 0.4) is 0 Å². The van der Waals surface area contributed by atoms with Gasteiger partial charge in [0.1, 0.15) is 5.65 Å². The molecule has 2 heterocycles. The normalized spacial score (nSPS) is 12.2. The molecule has 3 nitrogen and oxygen atoms in total. The third-order valence-corrected chi connectivity index (χ3v) is 1.81. The van der Waals surface area contributed by atoms with E-state index in [4.69, 9.17) is 5.11 Å². The summed E-state index contributed by atoms with van der Waals surface area (Å²) in [5.41, 5.74) is -0.547. The Morgan fingerprint density at radius 1 is 1.29 bits per heavy atom. The van der Waals surface area contributed by atoms with Gasteiger partial charge in [0.05, 0.1) is 11.8 Å². The Morgan fingerprint density at radius 3 is 2.64 bits per heavy atom. The molecule has 0 amide bonds. The van der Waals surface area contributed by atoms with E-state index in [1.807, 2.05) is 0 Å². The fraction of sp³-hybridized carbons (Fsp3) is 0.125. The highest BCUT2D eigenvalue weighted by Crippen LogP contribution is 2.29. The van der Waals surface area contributed by atoms with Gasteiger partial charge in [0, 0.05) is 6.20 Å². The van der Waals surface area contributed by atoms with E-state index >= 15 is 0 Å². The maximum Gasteiger partial charge on any atom is 0.417 e. The highest BCUT2D eigenvalue weighted by Gasteiger charge is 2.31. The van der Waals surface area contributed by atoms with E-state index in [1.54, 1.807) is 0 Å². The molecule has 6 heteroatoms. The molecule has 2 aromatic rings. The summed E-state index contributed by atoms with van der Waals surface area (Å²) in [6, 6.07) is 2.12. The van der Waals surface area contributed by atoms with Crippen LogP contribution in [-0.2, 0) is 6.18 Å². The summed E-state index contributed by atoms with van der Waals surface area (Å²) in [5, 5.41) is 9.13. The molecule has 0 saturated heterocycles. The van der Waals surface area contributed by atoms with Crippen LogP contribution in [0.5, 0.6) is 5.88 Å². The lowest BCUT2D eigenvalue weighted by Gasteiger charge is -2.06. The minimum absolute atomic E-state index is 0.274. The van der Waals surface area contributed by atoms with Crippen molar-refractivity contribution >= 4 is 5.65 Å². The molecule has 1 N–H and O–H groups in total. The van der Waals surface area contributed by atoms with Crippen LogP contribution < -0.4 is 0 Å². The van der Waals surface area contributed by atoms with Crippen molar-refractivity contribution in [1.82, 2.24) is 9.38 Å². The summed E-state index contributed by atoms with van der Waals surface area (Å²) < 4.78 is 37.7. The van der Waals surface area contributed by atoms with Gasteiger partial charge in [0.25, 0.3) is 0 Å². The maximum absolute atomic E-state index is 12.2. The largest absolute Gasteiger partial charge is 0.493 e. The summed E-state index contributed by atoms with van der Waals surface area (Å²) in [6.45, 7) is 0. The van der Waals surface area contributed by atoms with Gasteiger partial charge in [0.2, 0.25) is 5.88 Å². The molecule has 2 aromatic heterocycles. The molecular weight excluding hydrogens is 197 g/mol. The van der Waals surface area contributed by atoms with Crippen molar-refractivity contribution in [3.8, 4) is 5.88 Å². The van der Waals surface area contributed by atoms with E-state index in [-0.39, 0.29) is 11.5 Å². The third kappa shape index (κ3) is 1.28. The first-order chi connectivity index (χ1) is 6.48. The molecular formula is C8H5F3N2O. The number of nitrogens with zero attached hydrogens (tertiary/aromatic N) is 2. The number of alkyl halides is 3. The number of aromatic hydroxyl groups is 1. The molecule has 0 atom stereocenters. The standard InChI is InChI=1S/C8H5F3N2O/c9-8(10,11)5-1-2-6-12-3-7(14)13(6)4-5/h1-4,14H.